The molecular formula is C15H16N4O6. The number of ether oxygens (including phenoxy) is 1. The zero-order valence-corrected chi connectivity index (χ0v) is 13.6. The number of benzene rings is 1. The van der Waals surface area contributed by atoms with Gasteiger partial charge in [0.1, 0.15) is 17.3 Å². The number of primary amides is 1. The van der Waals surface area contributed by atoms with E-state index >= 15 is 0 Å². The first-order chi connectivity index (χ1) is 11.8. The van der Waals surface area contributed by atoms with E-state index in [9.17, 15) is 24.5 Å². The number of carbonyl (C=O) groups is 2. The van der Waals surface area contributed by atoms with E-state index in [1.165, 1.54) is 32.2 Å². The standard InChI is InChI=1S/C15H16N4O6/c1-8-17-9-4-3-5-10(19(23)24)13(9)15(22)18(8)11(14(16)21)6-7-12(20)25-2/h3-5,11H,6-7H2,1-2H3,(H2,16,21)/t11-/m1/s1. The van der Waals surface area contributed by atoms with Crippen molar-refractivity contribution in [3.8, 4) is 0 Å². The Morgan fingerprint density at radius 3 is 2.68 bits per heavy atom. The van der Waals surface area contributed by atoms with E-state index in [4.69, 9.17) is 5.73 Å². The topological polar surface area (TPSA) is 147 Å². The minimum absolute atomic E-state index is 0.0867. The molecule has 10 heteroatoms. The molecule has 2 rings (SSSR count). The van der Waals surface area contributed by atoms with Crippen LogP contribution in [0.5, 0.6) is 0 Å². The lowest BCUT2D eigenvalue weighted by atomic mass is 10.1. The van der Waals surface area contributed by atoms with Gasteiger partial charge in [0.15, 0.2) is 0 Å². The summed E-state index contributed by atoms with van der Waals surface area (Å²) >= 11 is 0. The first-order valence-corrected chi connectivity index (χ1v) is 7.30. The molecule has 2 N–H and O–H groups in total. The van der Waals surface area contributed by atoms with Gasteiger partial charge >= 0.3 is 5.97 Å². The van der Waals surface area contributed by atoms with Crippen molar-refractivity contribution in [1.29, 1.82) is 0 Å². The van der Waals surface area contributed by atoms with E-state index in [0.29, 0.717) is 0 Å². The zero-order chi connectivity index (χ0) is 18.7. The monoisotopic (exact) mass is 348 g/mol. The van der Waals surface area contributed by atoms with Crippen molar-refractivity contribution in [3.05, 3.63) is 44.5 Å². The normalized spacial score (nSPS) is 11.9. The van der Waals surface area contributed by atoms with E-state index in [1.807, 2.05) is 0 Å². The SMILES string of the molecule is COC(=O)CC[C@H](C(N)=O)n1c(C)nc2cccc([N+](=O)[O-])c2c1=O. The van der Waals surface area contributed by atoms with Gasteiger partial charge in [-0.1, -0.05) is 6.07 Å². The molecule has 0 saturated carbocycles. The maximum atomic E-state index is 12.8. The van der Waals surface area contributed by atoms with Crippen molar-refractivity contribution in [2.24, 2.45) is 5.73 Å². The second kappa shape index (κ2) is 7.07. The molecular weight excluding hydrogens is 332 g/mol. The summed E-state index contributed by atoms with van der Waals surface area (Å²) in [6, 6.07) is 2.89. The molecule has 0 unspecified atom stereocenters. The summed E-state index contributed by atoms with van der Waals surface area (Å²) < 4.78 is 5.50. The number of rotatable bonds is 6. The number of aryl methyl sites for hydroxylation is 1. The highest BCUT2D eigenvalue weighted by atomic mass is 16.6. The van der Waals surface area contributed by atoms with E-state index in [1.54, 1.807) is 0 Å². The quantitative estimate of drug-likeness (QED) is 0.456. The molecule has 1 atom stereocenters. The van der Waals surface area contributed by atoms with Crippen molar-refractivity contribution in [2.75, 3.05) is 7.11 Å². The molecule has 25 heavy (non-hydrogen) atoms. The van der Waals surface area contributed by atoms with Crippen molar-refractivity contribution >= 4 is 28.5 Å². The van der Waals surface area contributed by atoms with Gasteiger partial charge in [0.05, 0.1) is 17.5 Å². The number of aromatic nitrogens is 2. The lowest BCUT2D eigenvalue weighted by Crippen LogP contribution is -2.36. The Bertz CT molecular complexity index is 920. The molecule has 0 fully saturated rings. The van der Waals surface area contributed by atoms with Crippen LogP contribution >= 0.6 is 0 Å². The Balaban J connectivity index is 2.68. The van der Waals surface area contributed by atoms with Crippen molar-refractivity contribution in [1.82, 2.24) is 9.55 Å². The van der Waals surface area contributed by atoms with Crippen LogP contribution in [0.1, 0.15) is 24.7 Å². The van der Waals surface area contributed by atoms with Crippen LogP contribution in [0.25, 0.3) is 10.9 Å². The van der Waals surface area contributed by atoms with Gasteiger partial charge in [0.2, 0.25) is 5.91 Å². The van der Waals surface area contributed by atoms with Crippen LogP contribution in [0.15, 0.2) is 23.0 Å². The largest absolute Gasteiger partial charge is 0.469 e. The highest BCUT2D eigenvalue weighted by Gasteiger charge is 2.26. The number of methoxy groups -OCH3 is 1. The molecule has 1 aromatic carbocycles. The van der Waals surface area contributed by atoms with Gasteiger partial charge in [-0.3, -0.25) is 29.1 Å². The number of hydrogen-bond acceptors (Lipinski definition) is 7. The minimum Gasteiger partial charge on any atom is -0.469 e. The molecule has 132 valence electrons. The van der Waals surface area contributed by atoms with E-state index in [2.05, 4.69) is 9.72 Å². The van der Waals surface area contributed by atoms with Gasteiger partial charge in [0.25, 0.3) is 11.2 Å². The number of hydrogen-bond donors (Lipinski definition) is 1. The highest BCUT2D eigenvalue weighted by molar-refractivity contribution is 5.87. The predicted octanol–water partition coefficient (Wildman–Crippen LogP) is 0.593. The lowest BCUT2D eigenvalue weighted by molar-refractivity contribution is -0.383. The fourth-order valence-corrected chi connectivity index (χ4v) is 2.61. The predicted molar refractivity (Wildman–Crippen MR) is 86.9 cm³/mol. The van der Waals surface area contributed by atoms with Gasteiger partial charge in [-0.25, -0.2) is 4.98 Å². The number of esters is 1. The van der Waals surface area contributed by atoms with Gasteiger partial charge in [-0.05, 0) is 19.4 Å². The van der Waals surface area contributed by atoms with Gasteiger partial charge < -0.3 is 10.5 Å². The Morgan fingerprint density at radius 2 is 2.12 bits per heavy atom. The number of fused-ring (bicyclic) bond motifs is 1. The average molecular weight is 348 g/mol. The third-order valence-corrected chi connectivity index (χ3v) is 3.77. The molecule has 2 aromatic rings. The van der Waals surface area contributed by atoms with Gasteiger partial charge in [-0.15, -0.1) is 0 Å². The van der Waals surface area contributed by atoms with E-state index in [0.717, 1.165) is 4.57 Å². The van der Waals surface area contributed by atoms with Crippen molar-refractivity contribution in [2.45, 2.75) is 25.8 Å². The van der Waals surface area contributed by atoms with Crippen LogP contribution < -0.4 is 11.3 Å². The summed E-state index contributed by atoms with van der Waals surface area (Å²) in [6.07, 6.45) is -0.235. The summed E-state index contributed by atoms with van der Waals surface area (Å²) in [6.45, 7) is 1.48. The van der Waals surface area contributed by atoms with Crippen LogP contribution in [-0.2, 0) is 14.3 Å². The Hall–Kier alpha value is -3.30. The summed E-state index contributed by atoms with van der Waals surface area (Å²) in [5, 5.41) is 11.0. The molecule has 0 aliphatic rings. The molecule has 0 aliphatic carbocycles. The molecule has 1 aromatic heterocycles. The molecule has 0 radical (unpaired) electrons. The third-order valence-electron chi connectivity index (χ3n) is 3.77. The Kier molecular flexibility index (Phi) is 5.11. The minimum atomic E-state index is -1.18. The second-order valence-electron chi connectivity index (χ2n) is 5.30. The maximum Gasteiger partial charge on any atom is 0.305 e. The number of nitrogens with zero attached hydrogens (tertiary/aromatic N) is 3. The number of nitro benzene ring substituents is 1. The molecule has 0 aliphatic heterocycles. The number of nitrogens with two attached hydrogens (primary N) is 1. The van der Waals surface area contributed by atoms with Crippen LogP contribution in [0, 0.1) is 17.0 Å². The fourth-order valence-electron chi connectivity index (χ4n) is 2.61. The van der Waals surface area contributed by atoms with Crippen LogP contribution in [0.4, 0.5) is 5.69 Å². The Labute approximate surface area is 141 Å². The summed E-state index contributed by atoms with van der Waals surface area (Å²) in [5.74, 6) is -1.27. The van der Waals surface area contributed by atoms with Crippen molar-refractivity contribution in [3.63, 3.8) is 0 Å². The van der Waals surface area contributed by atoms with E-state index < -0.39 is 34.1 Å². The zero-order valence-electron chi connectivity index (χ0n) is 13.6. The summed E-state index contributed by atoms with van der Waals surface area (Å²) in [5.41, 5.74) is 4.33. The first-order valence-electron chi connectivity index (χ1n) is 7.30. The van der Waals surface area contributed by atoms with Crippen LogP contribution in [0.3, 0.4) is 0 Å². The fraction of sp³-hybridized carbons (Fsp3) is 0.333. The lowest BCUT2D eigenvalue weighted by Gasteiger charge is -2.19. The van der Waals surface area contributed by atoms with Crippen molar-refractivity contribution < 1.29 is 19.2 Å². The molecule has 1 amide bonds. The molecule has 0 spiro atoms. The second-order valence-corrected chi connectivity index (χ2v) is 5.30. The van der Waals surface area contributed by atoms with Gasteiger partial charge in [0, 0.05) is 12.5 Å². The molecule has 0 saturated heterocycles. The van der Waals surface area contributed by atoms with Crippen LogP contribution in [-0.4, -0.2) is 33.5 Å². The van der Waals surface area contributed by atoms with Crippen LogP contribution in [0.2, 0.25) is 0 Å². The molecule has 10 nitrogen and oxygen atoms in total. The van der Waals surface area contributed by atoms with E-state index in [-0.39, 0.29) is 29.6 Å². The number of carbonyl (C=O) groups excluding carboxylic acids is 2. The molecule has 1 heterocycles. The third kappa shape index (κ3) is 3.47. The Morgan fingerprint density at radius 1 is 1.44 bits per heavy atom. The summed E-state index contributed by atoms with van der Waals surface area (Å²) in [7, 11) is 1.19. The smallest absolute Gasteiger partial charge is 0.305 e. The number of non-ortho nitro benzene ring substituents is 1. The highest BCUT2D eigenvalue weighted by Crippen LogP contribution is 2.23. The number of amides is 1. The summed E-state index contributed by atoms with van der Waals surface area (Å²) in [4.78, 5) is 50.6. The number of nitro groups is 1. The average Bonchev–Trinajstić information content (AvgIpc) is 2.56. The maximum absolute atomic E-state index is 12.8. The first kappa shape index (κ1) is 18.0. The molecule has 0 bridgehead atoms. The van der Waals surface area contributed by atoms with Gasteiger partial charge in [-0.2, -0.15) is 0 Å².